The Hall–Kier alpha value is -0.545. The van der Waals surface area contributed by atoms with Crippen LogP contribution in [0.1, 0.15) is 54.4 Å². The molecule has 0 rings (SSSR count). The van der Waals surface area contributed by atoms with E-state index in [4.69, 9.17) is 14.2 Å². The van der Waals surface area contributed by atoms with Crippen molar-refractivity contribution in [2.75, 3.05) is 20.3 Å². The van der Waals surface area contributed by atoms with E-state index in [1.165, 1.54) is 0 Å². The minimum atomic E-state index is -0.409. The van der Waals surface area contributed by atoms with E-state index in [1.807, 2.05) is 48.4 Å². The predicted octanol–water partition coefficient (Wildman–Crippen LogP) is 3.21. The van der Waals surface area contributed by atoms with E-state index in [2.05, 4.69) is 0 Å². The summed E-state index contributed by atoms with van der Waals surface area (Å²) in [6.07, 6.45) is 1.52. The summed E-state index contributed by atoms with van der Waals surface area (Å²) >= 11 is 0. The molecule has 0 radical (unpaired) electrons. The fourth-order valence-electron chi connectivity index (χ4n) is 1.48. The van der Waals surface area contributed by atoms with Crippen molar-refractivity contribution in [2.24, 2.45) is 0 Å². The second kappa shape index (κ2) is 8.18. The molecule has 0 saturated heterocycles. The summed E-state index contributed by atoms with van der Waals surface area (Å²) in [4.78, 5) is 11.9. The van der Waals surface area contributed by atoms with Crippen LogP contribution in [0.4, 0.5) is 0 Å². The molecule has 0 bridgehead atoms. The van der Waals surface area contributed by atoms with Crippen LogP contribution in [0.3, 0.4) is 0 Å². The van der Waals surface area contributed by atoms with E-state index in [1.54, 1.807) is 7.11 Å². The van der Waals surface area contributed by atoms with Gasteiger partial charge in [-0.2, -0.15) is 0 Å². The second-order valence-electron chi connectivity index (χ2n) is 7.45. The molecular formula is C16H33BO4. The maximum Gasteiger partial charge on any atom is 0.303 e. The van der Waals surface area contributed by atoms with Gasteiger partial charge >= 0.3 is 5.97 Å². The summed E-state index contributed by atoms with van der Waals surface area (Å²) in [6.45, 7) is 14.9. The molecule has 0 aromatic carbocycles. The van der Waals surface area contributed by atoms with Crippen LogP contribution < -0.4 is 0 Å². The molecule has 0 saturated carbocycles. The van der Waals surface area contributed by atoms with Crippen LogP contribution in [0.25, 0.3) is 0 Å². The first kappa shape index (κ1) is 20.5. The summed E-state index contributed by atoms with van der Waals surface area (Å²) in [7, 11) is 2.48. The first-order valence-electron chi connectivity index (χ1n) is 7.82. The Kier molecular flexibility index (Phi) is 7.97. The molecule has 0 atom stereocenters. The van der Waals surface area contributed by atoms with Gasteiger partial charge in [0.2, 0.25) is 0 Å². The molecule has 0 heterocycles. The van der Waals surface area contributed by atoms with Gasteiger partial charge in [-0.1, -0.05) is 20.7 Å². The molecule has 21 heavy (non-hydrogen) atoms. The smallest absolute Gasteiger partial charge is 0.303 e. The minimum absolute atomic E-state index is 0.138. The molecule has 4 nitrogen and oxygen atoms in total. The Morgan fingerprint density at radius 2 is 1.48 bits per heavy atom. The Morgan fingerprint density at radius 1 is 0.952 bits per heavy atom. The highest BCUT2D eigenvalue weighted by Gasteiger charge is 2.28. The average Bonchev–Trinajstić information content (AvgIpc) is 2.37. The van der Waals surface area contributed by atoms with Crippen molar-refractivity contribution in [1.82, 2.24) is 0 Å². The minimum Gasteiger partial charge on any atom is -0.466 e. The SMILES string of the molecule is CBC(C)(C)C(=O)OCCC(C)(C)OCCC(C)(C)OC. The molecule has 0 N–H and O–H groups in total. The van der Waals surface area contributed by atoms with Crippen LogP contribution in [0.5, 0.6) is 0 Å². The normalized spacial score (nSPS) is 13.1. The lowest BCUT2D eigenvalue weighted by molar-refractivity contribution is -0.148. The van der Waals surface area contributed by atoms with E-state index in [-0.39, 0.29) is 17.2 Å². The molecule has 0 fully saturated rings. The summed E-state index contributed by atoms with van der Waals surface area (Å²) in [5.74, 6) is -0.138. The van der Waals surface area contributed by atoms with Gasteiger partial charge < -0.3 is 14.2 Å². The fourth-order valence-corrected chi connectivity index (χ4v) is 1.48. The molecule has 124 valence electrons. The first-order valence-corrected chi connectivity index (χ1v) is 7.82. The van der Waals surface area contributed by atoms with Gasteiger partial charge in [0, 0.05) is 18.8 Å². The molecule has 0 spiro atoms. The topological polar surface area (TPSA) is 44.8 Å². The highest BCUT2D eigenvalue weighted by atomic mass is 16.5. The number of methoxy groups -OCH3 is 1. The van der Waals surface area contributed by atoms with E-state index in [9.17, 15) is 4.79 Å². The largest absolute Gasteiger partial charge is 0.466 e. The van der Waals surface area contributed by atoms with Gasteiger partial charge in [-0.05, 0) is 34.1 Å². The standard InChI is InChI=1S/C16H33BO4/c1-14(2,19-8)10-12-21-15(3,4)9-11-20-13(18)16(5,6)17-7/h17H,9-12H2,1-8H3. The van der Waals surface area contributed by atoms with E-state index >= 15 is 0 Å². The van der Waals surface area contributed by atoms with Crippen molar-refractivity contribution in [2.45, 2.75) is 77.7 Å². The number of rotatable bonds is 10. The van der Waals surface area contributed by atoms with Gasteiger partial charge in [-0.15, -0.1) is 0 Å². The number of hydrogen-bond acceptors (Lipinski definition) is 4. The molecule has 0 amide bonds. The van der Waals surface area contributed by atoms with E-state index < -0.39 is 5.31 Å². The van der Waals surface area contributed by atoms with Crippen molar-refractivity contribution in [3.8, 4) is 0 Å². The predicted molar refractivity (Wildman–Crippen MR) is 88.4 cm³/mol. The van der Waals surface area contributed by atoms with Gasteiger partial charge in [-0.25, -0.2) is 0 Å². The zero-order chi connectivity index (χ0) is 16.7. The maximum atomic E-state index is 11.9. The zero-order valence-electron chi connectivity index (χ0n) is 15.2. The molecule has 0 aromatic heterocycles. The number of hydrogen-bond donors (Lipinski definition) is 0. The molecule has 0 aliphatic rings. The van der Waals surface area contributed by atoms with Crippen molar-refractivity contribution < 1.29 is 19.0 Å². The summed E-state index contributed by atoms with van der Waals surface area (Å²) < 4.78 is 16.6. The lowest BCUT2D eigenvalue weighted by Crippen LogP contribution is -2.32. The first-order chi connectivity index (χ1) is 9.46. The highest BCUT2D eigenvalue weighted by molar-refractivity contribution is 6.44. The van der Waals surface area contributed by atoms with Gasteiger partial charge in [0.25, 0.3) is 0 Å². The molecule has 0 aliphatic carbocycles. The third-order valence-corrected chi connectivity index (χ3v) is 4.12. The van der Waals surface area contributed by atoms with Crippen LogP contribution in [0.15, 0.2) is 0 Å². The third kappa shape index (κ3) is 8.47. The van der Waals surface area contributed by atoms with Crippen molar-refractivity contribution >= 4 is 13.2 Å². The average molecular weight is 300 g/mol. The van der Waals surface area contributed by atoms with Gasteiger partial charge in [0.05, 0.1) is 24.4 Å². The van der Waals surface area contributed by atoms with Crippen LogP contribution in [-0.4, -0.2) is 44.8 Å². The fraction of sp³-hybridized carbons (Fsp3) is 0.938. The Labute approximate surface area is 131 Å². The monoisotopic (exact) mass is 300 g/mol. The lowest BCUT2D eigenvalue weighted by atomic mass is 9.56. The van der Waals surface area contributed by atoms with Crippen molar-refractivity contribution in [1.29, 1.82) is 0 Å². The van der Waals surface area contributed by atoms with Gasteiger partial charge in [-0.3, -0.25) is 4.79 Å². The molecule has 5 heteroatoms. The number of carbonyl (C=O) groups excluding carboxylic acids is 1. The van der Waals surface area contributed by atoms with Crippen molar-refractivity contribution in [3.63, 3.8) is 0 Å². The summed E-state index contributed by atoms with van der Waals surface area (Å²) in [6, 6.07) is 0. The molecular weight excluding hydrogens is 267 g/mol. The Morgan fingerprint density at radius 3 is 1.95 bits per heavy atom. The molecule has 0 aromatic rings. The summed E-state index contributed by atoms with van der Waals surface area (Å²) in [5.41, 5.74) is -0.478. The molecule has 0 unspecified atom stereocenters. The van der Waals surface area contributed by atoms with Gasteiger partial charge in [0.15, 0.2) is 0 Å². The van der Waals surface area contributed by atoms with Crippen molar-refractivity contribution in [3.05, 3.63) is 0 Å². The van der Waals surface area contributed by atoms with Crippen LogP contribution in [-0.2, 0) is 19.0 Å². The third-order valence-electron chi connectivity index (χ3n) is 4.12. The Balaban J connectivity index is 4.06. The van der Waals surface area contributed by atoms with Crippen LogP contribution in [0.2, 0.25) is 12.1 Å². The number of ether oxygens (including phenoxy) is 3. The number of carbonyl (C=O) groups is 1. The van der Waals surface area contributed by atoms with Crippen LogP contribution >= 0.6 is 0 Å². The highest BCUT2D eigenvalue weighted by Crippen LogP contribution is 2.25. The second-order valence-corrected chi connectivity index (χ2v) is 7.45. The zero-order valence-corrected chi connectivity index (χ0v) is 15.2. The molecule has 0 aliphatic heterocycles. The van der Waals surface area contributed by atoms with Crippen LogP contribution in [0, 0.1) is 0 Å². The quantitative estimate of drug-likeness (QED) is 0.459. The summed E-state index contributed by atoms with van der Waals surface area (Å²) in [5, 5.41) is -0.409. The lowest BCUT2D eigenvalue weighted by Gasteiger charge is -2.29. The Bertz CT molecular complexity index is 324. The van der Waals surface area contributed by atoms with Gasteiger partial charge in [0.1, 0.15) is 7.28 Å². The van der Waals surface area contributed by atoms with E-state index in [0.29, 0.717) is 19.6 Å². The maximum absolute atomic E-state index is 11.9. The number of esters is 1. The van der Waals surface area contributed by atoms with E-state index in [0.717, 1.165) is 13.7 Å².